The highest BCUT2D eigenvalue weighted by Crippen LogP contribution is 2.27. The smallest absolute Gasteiger partial charge is 0.255 e. The van der Waals surface area contributed by atoms with Crippen molar-refractivity contribution in [1.29, 1.82) is 0 Å². The largest absolute Gasteiger partial charge is 0.355 e. The maximum Gasteiger partial charge on any atom is 0.255 e. The third kappa shape index (κ3) is 6.23. The lowest BCUT2D eigenvalue weighted by atomic mass is 10.1. The van der Waals surface area contributed by atoms with Crippen LogP contribution in [0.3, 0.4) is 0 Å². The lowest BCUT2D eigenvalue weighted by molar-refractivity contribution is -0.111. The summed E-state index contributed by atoms with van der Waals surface area (Å²) in [6.45, 7) is 3.43. The van der Waals surface area contributed by atoms with Gasteiger partial charge in [0.15, 0.2) is 0 Å². The van der Waals surface area contributed by atoms with E-state index in [-0.39, 0.29) is 17.6 Å². The van der Waals surface area contributed by atoms with Crippen molar-refractivity contribution in [2.75, 3.05) is 21.3 Å². The fourth-order valence-corrected chi connectivity index (χ4v) is 3.92. The number of hydrogen-bond donors (Lipinski definition) is 4. The van der Waals surface area contributed by atoms with E-state index in [1.54, 1.807) is 67.0 Å². The maximum absolute atomic E-state index is 13.8. The molecule has 0 saturated heterocycles. The molecule has 0 aliphatic heterocycles. The molecule has 9 heteroatoms. The Morgan fingerprint density at radius 3 is 2.33 bits per heavy atom. The molecular weight excluding hydrogens is 495 g/mol. The quantitative estimate of drug-likeness (QED) is 0.172. The molecule has 192 valence electrons. The molecule has 0 radical (unpaired) electrons. The second-order valence-corrected chi connectivity index (χ2v) is 8.51. The molecule has 39 heavy (non-hydrogen) atoms. The van der Waals surface area contributed by atoms with Gasteiger partial charge in [-0.2, -0.15) is 0 Å². The van der Waals surface area contributed by atoms with Crippen LogP contribution in [-0.2, 0) is 4.79 Å². The summed E-state index contributed by atoms with van der Waals surface area (Å²) in [7, 11) is 0. The van der Waals surface area contributed by atoms with Gasteiger partial charge in [0.25, 0.3) is 5.91 Å². The van der Waals surface area contributed by atoms with Gasteiger partial charge in [-0.1, -0.05) is 18.7 Å². The van der Waals surface area contributed by atoms with Crippen molar-refractivity contribution in [3.05, 3.63) is 121 Å². The number of nitrogens with one attached hydrogen (secondary N) is 4. The van der Waals surface area contributed by atoms with Gasteiger partial charge in [-0.3, -0.25) is 14.6 Å². The van der Waals surface area contributed by atoms with Crippen LogP contribution in [0.5, 0.6) is 0 Å². The number of fused-ring (bicyclic) bond motifs is 1. The van der Waals surface area contributed by atoms with Crippen LogP contribution < -0.4 is 21.3 Å². The first-order valence-electron chi connectivity index (χ1n) is 12.0. The molecular formula is C30H23FN6O2. The van der Waals surface area contributed by atoms with Crippen molar-refractivity contribution >= 4 is 57.0 Å². The first kappa shape index (κ1) is 25.1. The van der Waals surface area contributed by atoms with Crippen molar-refractivity contribution in [2.24, 2.45) is 0 Å². The van der Waals surface area contributed by atoms with Gasteiger partial charge in [-0.05, 0) is 72.8 Å². The lowest BCUT2D eigenvalue weighted by Crippen LogP contribution is -2.12. The summed E-state index contributed by atoms with van der Waals surface area (Å²) in [5.74, 6) is -0.619. The highest BCUT2D eigenvalue weighted by Gasteiger charge is 2.10. The summed E-state index contributed by atoms with van der Waals surface area (Å²) in [6.07, 6.45) is 4.38. The van der Waals surface area contributed by atoms with E-state index in [0.717, 1.165) is 5.69 Å². The molecule has 2 aromatic heterocycles. The average Bonchev–Trinajstić information content (AvgIpc) is 2.94. The summed E-state index contributed by atoms with van der Waals surface area (Å²) < 4.78 is 13.8. The standard InChI is InChI=1S/C30H23FN6O2/c1-2-29(38)37-28-18-24(11-13-33-28)34-22-7-4-8-23(17-22)36-30(39)19-5-3-6-21(15-19)35-27-12-14-32-26-10-9-20(31)16-25(26)27/h2-18H,1H2,(H,32,35)(H,36,39)(H2,33,34,37,38). The van der Waals surface area contributed by atoms with Gasteiger partial charge in [-0.25, -0.2) is 9.37 Å². The fourth-order valence-electron chi connectivity index (χ4n) is 3.92. The Bertz CT molecular complexity index is 1700. The molecule has 8 nitrogen and oxygen atoms in total. The predicted molar refractivity (Wildman–Crippen MR) is 152 cm³/mol. The van der Waals surface area contributed by atoms with Crippen LogP contribution >= 0.6 is 0 Å². The second kappa shape index (κ2) is 11.2. The minimum atomic E-state index is -0.355. The van der Waals surface area contributed by atoms with E-state index in [2.05, 4.69) is 37.8 Å². The van der Waals surface area contributed by atoms with Gasteiger partial charge in [0.1, 0.15) is 11.6 Å². The molecule has 0 aliphatic carbocycles. The van der Waals surface area contributed by atoms with E-state index < -0.39 is 0 Å². The number of carbonyl (C=O) groups excluding carboxylic acids is 2. The molecule has 0 spiro atoms. The number of amides is 2. The molecule has 0 unspecified atom stereocenters. The summed E-state index contributed by atoms with van der Waals surface area (Å²) in [4.78, 5) is 33.0. The molecule has 0 bridgehead atoms. The van der Waals surface area contributed by atoms with E-state index in [1.165, 1.54) is 18.2 Å². The van der Waals surface area contributed by atoms with Crippen LogP contribution in [0.2, 0.25) is 0 Å². The molecule has 0 atom stereocenters. The van der Waals surface area contributed by atoms with E-state index in [0.29, 0.717) is 45.0 Å². The monoisotopic (exact) mass is 518 g/mol. The van der Waals surface area contributed by atoms with Gasteiger partial charge in [0, 0.05) is 57.8 Å². The van der Waals surface area contributed by atoms with Gasteiger partial charge in [-0.15, -0.1) is 0 Å². The molecule has 2 heterocycles. The molecule has 5 aromatic rings. The Hall–Kier alpha value is -5.57. The van der Waals surface area contributed by atoms with Crippen LogP contribution in [0, 0.1) is 5.82 Å². The van der Waals surface area contributed by atoms with Crippen LogP contribution in [0.1, 0.15) is 10.4 Å². The summed E-state index contributed by atoms with van der Waals surface area (Å²) >= 11 is 0. The number of aromatic nitrogens is 2. The average molecular weight is 519 g/mol. The SMILES string of the molecule is C=CC(=O)Nc1cc(Nc2cccc(NC(=O)c3cccc(Nc4ccnc5ccc(F)cc45)c3)c2)ccn1. The number of rotatable bonds is 8. The third-order valence-corrected chi connectivity index (χ3v) is 5.71. The van der Waals surface area contributed by atoms with Gasteiger partial charge >= 0.3 is 0 Å². The fraction of sp³-hybridized carbons (Fsp3) is 0. The van der Waals surface area contributed by atoms with Crippen molar-refractivity contribution in [1.82, 2.24) is 9.97 Å². The van der Waals surface area contributed by atoms with Crippen molar-refractivity contribution in [2.45, 2.75) is 0 Å². The first-order valence-corrected chi connectivity index (χ1v) is 12.0. The lowest BCUT2D eigenvalue weighted by Gasteiger charge is -2.12. The van der Waals surface area contributed by atoms with Gasteiger partial charge < -0.3 is 21.3 Å². The molecule has 4 N–H and O–H groups in total. The number of hydrogen-bond acceptors (Lipinski definition) is 6. The summed E-state index contributed by atoms with van der Waals surface area (Å²) in [6, 6.07) is 23.9. The third-order valence-electron chi connectivity index (χ3n) is 5.71. The Morgan fingerprint density at radius 1 is 0.744 bits per heavy atom. The maximum atomic E-state index is 13.8. The Labute approximate surface area is 223 Å². The number of nitrogens with zero attached hydrogens (tertiary/aromatic N) is 2. The number of anilines is 6. The van der Waals surface area contributed by atoms with Crippen LogP contribution in [0.15, 0.2) is 110 Å². The Morgan fingerprint density at radius 2 is 1.49 bits per heavy atom. The number of pyridine rings is 2. The van der Waals surface area contributed by atoms with Crippen LogP contribution in [0.4, 0.5) is 38.6 Å². The number of carbonyl (C=O) groups is 2. The Balaban J connectivity index is 1.29. The first-order chi connectivity index (χ1) is 19.0. The van der Waals surface area contributed by atoms with Gasteiger partial charge in [0.2, 0.25) is 5.91 Å². The highest BCUT2D eigenvalue weighted by atomic mass is 19.1. The normalized spacial score (nSPS) is 10.5. The summed E-state index contributed by atoms with van der Waals surface area (Å²) in [5.41, 5.74) is 4.48. The zero-order valence-electron chi connectivity index (χ0n) is 20.6. The van der Waals surface area contributed by atoms with Crippen molar-refractivity contribution in [3.8, 4) is 0 Å². The molecule has 5 rings (SSSR count). The number of benzene rings is 3. The zero-order chi connectivity index (χ0) is 27.2. The van der Waals surface area contributed by atoms with Crippen molar-refractivity contribution in [3.63, 3.8) is 0 Å². The zero-order valence-corrected chi connectivity index (χ0v) is 20.6. The molecule has 0 aliphatic rings. The summed E-state index contributed by atoms with van der Waals surface area (Å²) in [5, 5.41) is 12.7. The van der Waals surface area contributed by atoms with E-state index >= 15 is 0 Å². The van der Waals surface area contributed by atoms with Gasteiger partial charge in [0.05, 0.1) is 5.52 Å². The Kier molecular flexibility index (Phi) is 7.22. The van der Waals surface area contributed by atoms with E-state index in [4.69, 9.17) is 0 Å². The van der Waals surface area contributed by atoms with Crippen LogP contribution in [0.25, 0.3) is 10.9 Å². The number of halogens is 1. The highest BCUT2D eigenvalue weighted by molar-refractivity contribution is 6.05. The second-order valence-electron chi connectivity index (χ2n) is 8.51. The molecule has 2 amide bonds. The minimum absolute atomic E-state index is 0.292. The molecule has 3 aromatic carbocycles. The minimum Gasteiger partial charge on any atom is -0.355 e. The van der Waals surface area contributed by atoms with E-state index in [9.17, 15) is 14.0 Å². The molecule has 0 fully saturated rings. The predicted octanol–water partition coefficient (Wildman–Crippen LogP) is 6.63. The van der Waals surface area contributed by atoms with E-state index in [1.807, 2.05) is 18.2 Å². The topological polar surface area (TPSA) is 108 Å². The molecule has 0 saturated carbocycles. The van der Waals surface area contributed by atoms with Crippen molar-refractivity contribution < 1.29 is 14.0 Å². The van der Waals surface area contributed by atoms with Crippen LogP contribution in [-0.4, -0.2) is 21.8 Å².